The van der Waals surface area contributed by atoms with E-state index in [0.29, 0.717) is 10.5 Å². The molecular formula is C12H10N2O7S. The number of benzene rings is 1. The highest BCUT2D eigenvalue weighted by Gasteiger charge is 2.40. The molecule has 0 spiro atoms. The van der Waals surface area contributed by atoms with Gasteiger partial charge in [-0.2, -0.15) is 8.42 Å². The number of aldehydes is 1. The first kappa shape index (κ1) is 15.8. The summed E-state index contributed by atoms with van der Waals surface area (Å²) in [6.07, 6.45) is 0.137. The number of hydrogen-bond donors (Lipinski definition) is 2. The van der Waals surface area contributed by atoms with E-state index < -0.39 is 33.9 Å². The molecule has 10 heteroatoms. The molecule has 2 rings (SSSR count). The van der Waals surface area contributed by atoms with Crippen molar-refractivity contribution in [2.75, 3.05) is 0 Å². The Morgan fingerprint density at radius 2 is 1.77 bits per heavy atom. The topological polar surface area (TPSA) is 138 Å². The summed E-state index contributed by atoms with van der Waals surface area (Å²) in [5.41, 5.74) is 0.370. The van der Waals surface area contributed by atoms with Crippen LogP contribution in [0.4, 0.5) is 4.79 Å². The van der Waals surface area contributed by atoms with Crippen molar-refractivity contribution in [1.29, 1.82) is 0 Å². The van der Waals surface area contributed by atoms with Crippen LogP contribution >= 0.6 is 0 Å². The molecule has 1 aromatic rings. The quantitative estimate of drug-likeness (QED) is 0.425. The van der Waals surface area contributed by atoms with Crippen LogP contribution in [0.1, 0.15) is 5.56 Å². The third-order valence-corrected chi connectivity index (χ3v) is 3.86. The molecular weight excluding hydrogens is 316 g/mol. The zero-order valence-electron chi connectivity index (χ0n) is 10.9. The number of rotatable bonds is 4. The second kappa shape index (κ2) is 5.66. The van der Waals surface area contributed by atoms with Crippen LogP contribution < -0.4 is 5.32 Å². The largest absolute Gasteiger partial charge is 0.331 e. The maximum absolute atomic E-state index is 11.9. The summed E-state index contributed by atoms with van der Waals surface area (Å²) in [4.78, 5) is 45.9. The lowest BCUT2D eigenvalue weighted by molar-refractivity contribution is -0.144. The molecule has 0 aliphatic carbocycles. The Morgan fingerprint density at radius 1 is 1.18 bits per heavy atom. The number of carbonyl (C=O) groups excluding carboxylic acids is 4. The number of hydrogen-bond acceptors (Lipinski definition) is 6. The second-order valence-corrected chi connectivity index (χ2v) is 5.87. The van der Waals surface area contributed by atoms with E-state index in [1.807, 2.05) is 5.32 Å². The Hall–Kier alpha value is -2.59. The van der Waals surface area contributed by atoms with Crippen molar-refractivity contribution in [1.82, 2.24) is 10.2 Å². The highest BCUT2D eigenvalue weighted by molar-refractivity contribution is 7.85. The molecule has 4 amide bonds. The van der Waals surface area contributed by atoms with E-state index in [9.17, 15) is 27.6 Å². The highest BCUT2D eigenvalue weighted by atomic mass is 32.2. The van der Waals surface area contributed by atoms with Crippen molar-refractivity contribution < 1.29 is 32.1 Å². The first-order valence-corrected chi connectivity index (χ1v) is 7.36. The standard InChI is InChI=1S/C12H10N2O7S/c15-6-9-10(16)13-12(18)14(11(9)17)5-7-1-3-8(4-2-7)22(19,20)21/h1-4,6,9H,5H2,(H,13,16,18)(H,19,20,21). The van der Waals surface area contributed by atoms with Gasteiger partial charge < -0.3 is 4.79 Å². The second-order valence-electron chi connectivity index (χ2n) is 4.45. The minimum Gasteiger partial charge on any atom is -0.302 e. The maximum Gasteiger partial charge on any atom is 0.331 e. The summed E-state index contributed by atoms with van der Waals surface area (Å²) < 4.78 is 30.7. The van der Waals surface area contributed by atoms with Gasteiger partial charge in [0.15, 0.2) is 5.92 Å². The average Bonchev–Trinajstić information content (AvgIpc) is 2.43. The van der Waals surface area contributed by atoms with Crippen LogP contribution in [-0.2, 0) is 31.0 Å². The molecule has 0 aromatic heterocycles. The van der Waals surface area contributed by atoms with Crippen LogP contribution in [0.25, 0.3) is 0 Å². The molecule has 1 heterocycles. The fourth-order valence-corrected chi connectivity index (χ4v) is 2.33. The molecule has 2 N–H and O–H groups in total. The van der Waals surface area contributed by atoms with E-state index in [-0.39, 0.29) is 17.7 Å². The van der Waals surface area contributed by atoms with Crippen molar-refractivity contribution in [2.45, 2.75) is 11.4 Å². The van der Waals surface area contributed by atoms with Crippen LogP contribution in [0.2, 0.25) is 0 Å². The highest BCUT2D eigenvalue weighted by Crippen LogP contribution is 2.15. The van der Waals surface area contributed by atoms with Gasteiger partial charge in [-0.1, -0.05) is 12.1 Å². The zero-order valence-corrected chi connectivity index (χ0v) is 11.7. The molecule has 1 unspecified atom stereocenters. The zero-order chi connectivity index (χ0) is 16.5. The van der Waals surface area contributed by atoms with Crippen LogP contribution in [-0.4, -0.2) is 42.0 Å². The maximum atomic E-state index is 11.9. The fourth-order valence-electron chi connectivity index (χ4n) is 1.85. The van der Waals surface area contributed by atoms with Crippen LogP contribution in [0, 0.1) is 5.92 Å². The molecule has 1 aromatic carbocycles. The van der Waals surface area contributed by atoms with Gasteiger partial charge in [-0.05, 0) is 17.7 Å². The molecule has 22 heavy (non-hydrogen) atoms. The van der Waals surface area contributed by atoms with Gasteiger partial charge in [0, 0.05) is 0 Å². The summed E-state index contributed by atoms with van der Waals surface area (Å²) in [7, 11) is -4.35. The van der Waals surface area contributed by atoms with Gasteiger partial charge in [0.2, 0.25) is 5.91 Å². The minimum atomic E-state index is -4.35. The molecule has 0 saturated carbocycles. The van der Waals surface area contributed by atoms with Crippen LogP contribution in [0.3, 0.4) is 0 Å². The van der Waals surface area contributed by atoms with E-state index in [1.165, 1.54) is 12.1 Å². The summed E-state index contributed by atoms with van der Waals surface area (Å²) >= 11 is 0. The van der Waals surface area contributed by atoms with E-state index in [2.05, 4.69) is 0 Å². The molecule has 9 nitrogen and oxygen atoms in total. The van der Waals surface area contributed by atoms with Crippen molar-refractivity contribution in [3.63, 3.8) is 0 Å². The number of imide groups is 2. The molecule has 116 valence electrons. The Bertz CT molecular complexity index is 754. The SMILES string of the molecule is O=CC1C(=O)NC(=O)N(Cc2ccc(S(=O)(=O)O)cc2)C1=O. The van der Waals surface area contributed by atoms with Crippen LogP contribution in [0.15, 0.2) is 29.2 Å². The summed E-state index contributed by atoms with van der Waals surface area (Å²) in [6.45, 7) is -0.256. The summed E-state index contributed by atoms with van der Waals surface area (Å²) in [5, 5.41) is 1.88. The lowest BCUT2D eigenvalue weighted by atomic mass is 10.1. The monoisotopic (exact) mass is 326 g/mol. The molecule has 0 radical (unpaired) electrons. The van der Waals surface area contributed by atoms with E-state index in [0.717, 1.165) is 12.1 Å². The minimum absolute atomic E-state index is 0.137. The summed E-state index contributed by atoms with van der Waals surface area (Å²) in [5.74, 6) is -3.53. The molecule has 1 aliphatic rings. The van der Waals surface area contributed by atoms with Gasteiger partial charge in [-0.15, -0.1) is 0 Å². The predicted molar refractivity (Wildman–Crippen MR) is 69.9 cm³/mol. The van der Waals surface area contributed by atoms with Crippen molar-refractivity contribution in [3.05, 3.63) is 29.8 Å². The number of nitrogens with zero attached hydrogens (tertiary/aromatic N) is 1. The van der Waals surface area contributed by atoms with Gasteiger partial charge >= 0.3 is 6.03 Å². The predicted octanol–water partition coefficient (Wildman–Crippen LogP) is -0.673. The third-order valence-electron chi connectivity index (χ3n) is 2.99. The van der Waals surface area contributed by atoms with Crippen LogP contribution in [0.5, 0.6) is 0 Å². The number of urea groups is 1. The number of barbiturate groups is 1. The molecule has 1 saturated heterocycles. The Kier molecular flexibility index (Phi) is 4.06. The smallest absolute Gasteiger partial charge is 0.302 e. The van der Waals surface area contributed by atoms with Gasteiger partial charge in [0.1, 0.15) is 6.29 Å². The van der Waals surface area contributed by atoms with Gasteiger partial charge in [-0.3, -0.25) is 24.4 Å². The lowest BCUT2D eigenvalue weighted by Gasteiger charge is -2.27. The van der Waals surface area contributed by atoms with Crippen molar-refractivity contribution >= 4 is 34.2 Å². The van der Waals surface area contributed by atoms with E-state index in [4.69, 9.17) is 4.55 Å². The number of amides is 4. The Balaban J connectivity index is 2.22. The van der Waals surface area contributed by atoms with Gasteiger partial charge in [-0.25, -0.2) is 4.79 Å². The summed E-state index contributed by atoms with van der Waals surface area (Å²) in [6, 6.07) is 3.80. The normalized spacial score (nSPS) is 19.0. The Labute approximate surface area is 124 Å². The molecule has 0 bridgehead atoms. The van der Waals surface area contributed by atoms with E-state index >= 15 is 0 Å². The number of carbonyl (C=O) groups is 4. The fraction of sp³-hybridized carbons (Fsp3) is 0.167. The first-order valence-electron chi connectivity index (χ1n) is 5.92. The Morgan fingerprint density at radius 3 is 2.27 bits per heavy atom. The third kappa shape index (κ3) is 3.02. The molecule has 1 fully saturated rings. The van der Waals surface area contributed by atoms with Gasteiger partial charge in [0.25, 0.3) is 16.0 Å². The molecule has 1 atom stereocenters. The molecule has 1 aliphatic heterocycles. The van der Waals surface area contributed by atoms with E-state index in [1.54, 1.807) is 0 Å². The lowest BCUT2D eigenvalue weighted by Crippen LogP contribution is -2.57. The van der Waals surface area contributed by atoms with Gasteiger partial charge in [0.05, 0.1) is 11.4 Å². The number of nitrogens with one attached hydrogen (secondary N) is 1. The first-order chi connectivity index (χ1) is 10.2. The van der Waals surface area contributed by atoms with Crippen molar-refractivity contribution in [3.8, 4) is 0 Å². The average molecular weight is 326 g/mol. The van der Waals surface area contributed by atoms with Crippen molar-refractivity contribution in [2.24, 2.45) is 5.92 Å².